The second kappa shape index (κ2) is 9.30. The minimum absolute atomic E-state index is 0.184. The predicted molar refractivity (Wildman–Crippen MR) is 100 cm³/mol. The van der Waals surface area contributed by atoms with E-state index in [0.29, 0.717) is 32.9 Å². The average Bonchev–Trinajstić information content (AvgIpc) is 2.54. The number of hydrogen-bond acceptors (Lipinski definition) is 3. The molecule has 132 valence electrons. The number of carbonyl (C=O) groups is 1. The van der Waals surface area contributed by atoms with Crippen LogP contribution in [0.3, 0.4) is 0 Å². The summed E-state index contributed by atoms with van der Waals surface area (Å²) in [4.78, 5) is 11.8. The first-order valence-electron chi connectivity index (χ1n) is 7.89. The van der Waals surface area contributed by atoms with Crippen molar-refractivity contribution < 1.29 is 9.53 Å². The molecule has 0 spiro atoms. The number of hydrazine groups is 1. The molecule has 0 radical (unpaired) electrons. The van der Waals surface area contributed by atoms with E-state index < -0.39 is 0 Å². The van der Waals surface area contributed by atoms with Crippen molar-refractivity contribution >= 4 is 46.4 Å². The van der Waals surface area contributed by atoms with Crippen molar-refractivity contribution in [2.24, 2.45) is 5.92 Å². The number of carbonyl (C=O) groups excluding carboxylic acids is 1. The normalized spacial score (nSPS) is 20.1. The van der Waals surface area contributed by atoms with Gasteiger partial charge in [0.25, 0.3) is 5.91 Å². The van der Waals surface area contributed by atoms with Gasteiger partial charge in [0.2, 0.25) is 0 Å². The highest BCUT2D eigenvalue weighted by Crippen LogP contribution is 2.27. The van der Waals surface area contributed by atoms with Gasteiger partial charge in [0.15, 0.2) is 11.7 Å². The quantitative estimate of drug-likeness (QED) is 0.543. The van der Waals surface area contributed by atoms with Crippen LogP contribution in [-0.4, -0.2) is 23.7 Å². The van der Waals surface area contributed by atoms with Crippen LogP contribution in [0.15, 0.2) is 18.2 Å². The fourth-order valence-electron chi connectivity index (χ4n) is 2.63. The lowest BCUT2D eigenvalue weighted by molar-refractivity contribution is -0.123. The molecule has 1 fully saturated rings. The fraction of sp³-hybridized carbons (Fsp3) is 0.500. The van der Waals surface area contributed by atoms with Crippen LogP contribution < -0.4 is 20.9 Å². The maximum atomic E-state index is 11.8. The van der Waals surface area contributed by atoms with Crippen LogP contribution in [0.5, 0.6) is 5.75 Å². The highest BCUT2D eigenvalue weighted by molar-refractivity contribution is 7.80. The summed E-state index contributed by atoms with van der Waals surface area (Å²) in [6, 6.07) is 5.16. The molecule has 8 heteroatoms. The summed E-state index contributed by atoms with van der Waals surface area (Å²) in [7, 11) is 0. The van der Waals surface area contributed by atoms with E-state index in [4.69, 9.17) is 40.2 Å². The molecule has 0 heterocycles. The molecule has 1 aromatic carbocycles. The third kappa shape index (κ3) is 6.00. The minimum Gasteiger partial charge on any atom is -0.482 e. The molecule has 1 aromatic rings. The Bertz CT molecular complexity index is 601. The number of halogens is 2. The Balaban J connectivity index is 1.69. The van der Waals surface area contributed by atoms with Crippen molar-refractivity contribution in [3.8, 4) is 5.75 Å². The maximum Gasteiger partial charge on any atom is 0.276 e. The zero-order chi connectivity index (χ0) is 17.5. The van der Waals surface area contributed by atoms with E-state index in [0.717, 1.165) is 6.42 Å². The van der Waals surface area contributed by atoms with Crippen LogP contribution in [-0.2, 0) is 4.79 Å². The third-order valence-electron chi connectivity index (χ3n) is 4.00. The van der Waals surface area contributed by atoms with Gasteiger partial charge in [-0.1, -0.05) is 43.0 Å². The number of rotatable bonds is 4. The summed E-state index contributed by atoms with van der Waals surface area (Å²) in [5.41, 5.74) is 5.20. The molecule has 24 heavy (non-hydrogen) atoms. The summed E-state index contributed by atoms with van der Waals surface area (Å²) in [5, 5.41) is 4.51. The molecule has 0 aromatic heterocycles. The Morgan fingerprint density at radius 1 is 1.29 bits per heavy atom. The summed E-state index contributed by atoms with van der Waals surface area (Å²) in [5.74, 6) is 0.611. The molecule has 2 atom stereocenters. The molecular weight excluding hydrogens is 369 g/mol. The lowest BCUT2D eigenvalue weighted by Gasteiger charge is -2.30. The van der Waals surface area contributed by atoms with Gasteiger partial charge in [-0.15, -0.1) is 0 Å². The van der Waals surface area contributed by atoms with Crippen molar-refractivity contribution in [3.63, 3.8) is 0 Å². The van der Waals surface area contributed by atoms with E-state index in [1.807, 2.05) is 0 Å². The van der Waals surface area contributed by atoms with Gasteiger partial charge in [-0.2, -0.15) is 0 Å². The van der Waals surface area contributed by atoms with Crippen molar-refractivity contribution in [2.45, 2.75) is 38.6 Å². The fourth-order valence-corrected chi connectivity index (χ4v) is 3.30. The first-order valence-corrected chi connectivity index (χ1v) is 9.05. The lowest BCUT2D eigenvalue weighted by atomic mass is 9.86. The monoisotopic (exact) mass is 389 g/mol. The van der Waals surface area contributed by atoms with Gasteiger partial charge >= 0.3 is 0 Å². The Morgan fingerprint density at radius 2 is 2.04 bits per heavy atom. The summed E-state index contributed by atoms with van der Waals surface area (Å²) in [6.45, 7) is 2.03. The van der Waals surface area contributed by atoms with Gasteiger partial charge in [-0.05, 0) is 49.2 Å². The molecule has 1 amide bonds. The predicted octanol–water partition coefficient (Wildman–Crippen LogP) is 3.45. The van der Waals surface area contributed by atoms with Crippen LogP contribution in [0.25, 0.3) is 0 Å². The zero-order valence-electron chi connectivity index (χ0n) is 13.4. The molecule has 5 nitrogen and oxygen atoms in total. The highest BCUT2D eigenvalue weighted by Gasteiger charge is 2.21. The summed E-state index contributed by atoms with van der Waals surface area (Å²) < 4.78 is 5.35. The molecule has 1 aliphatic carbocycles. The lowest BCUT2D eigenvalue weighted by Crippen LogP contribution is -2.52. The van der Waals surface area contributed by atoms with Crippen molar-refractivity contribution in [3.05, 3.63) is 28.2 Å². The van der Waals surface area contributed by atoms with Crippen LogP contribution in [0.1, 0.15) is 32.6 Å². The Morgan fingerprint density at radius 3 is 2.75 bits per heavy atom. The standard InChI is InChI=1S/C16H21Cl2N3O2S/c1-10-4-2-3-5-13(10)19-16(24)21-20-15(22)9-23-14-7-6-11(17)8-12(14)18/h6-8,10,13H,2-5,9H2,1H3,(H,20,22)(H2,19,21,24)/t10-,13+/m1/s1. The Hall–Kier alpha value is -1.24. The van der Waals surface area contributed by atoms with E-state index >= 15 is 0 Å². The first kappa shape index (κ1) is 19.1. The summed E-state index contributed by atoms with van der Waals surface area (Å²) in [6.07, 6.45) is 4.75. The van der Waals surface area contributed by atoms with E-state index in [1.54, 1.807) is 18.2 Å². The average molecular weight is 390 g/mol. The van der Waals surface area contributed by atoms with E-state index in [-0.39, 0.29) is 12.5 Å². The molecular formula is C16H21Cl2N3O2S. The van der Waals surface area contributed by atoms with Crippen molar-refractivity contribution in [1.82, 2.24) is 16.2 Å². The van der Waals surface area contributed by atoms with Gasteiger partial charge in [-0.25, -0.2) is 0 Å². The zero-order valence-corrected chi connectivity index (χ0v) is 15.7. The van der Waals surface area contributed by atoms with Crippen LogP contribution >= 0.6 is 35.4 Å². The van der Waals surface area contributed by atoms with E-state index in [1.165, 1.54) is 19.3 Å². The van der Waals surface area contributed by atoms with Gasteiger partial charge < -0.3 is 10.1 Å². The topological polar surface area (TPSA) is 62.4 Å². The number of amides is 1. The van der Waals surface area contributed by atoms with Gasteiger partial charge in [0, 0.05) is 11.1 Å². The van der Waals surface area contributed by atoms with Gasteiger partial charge in [0.1, 0.15) is 5.75 Å². The van der Waals surface area contributed by atoms with Crippen LogP contribution in [0.2, 0.25) is 10.0 Å². The second-order valence-corrected chi connectivity index (χ2v) is 7.13. The molecule has 2 rings (SSSR count). The summed E-state index contributed by atoms with van der Waals surface area (Å²) >= 11 is 17.0. The van der Waals surface area contributed by atoms with Crippen LogP contribution in [0.4, 0.5) is 0 Å². The van der Waals surface area contributed by atoms with E-state index in [2.05, 4.69) is 23.1 Å². The molecule has 1 aliphatic rings. The van der Waals surface area contributed by atoms with Gasteiger partial charge in [0.05, 0.1) is 5.02 Å². The number of benzene rings is 1. The largest absolute Gasteiger partial charge is 0.482 e. The molecule has 0 unspecified atom stereocenters. The van der Waals surface area contributed by atoms with Crippen molar-refractivity contribution in [2.75, 3.05) is 6.61 Å². The van der Waals surface area contributed by atoms with Gasteiger partial charge in [-0.3, -0.25) is 15.6 Å². The molecule has 0 aliphatic heterocycles. The number of nitrogens with one attached hydrogen (secondary N) is 3. The van der Waals surface area contributed by atoms with Crippen molar-refractivity contribution in [1.29, 1.82) is 0 Å². The minimum atomic E-state index is -0.359. The molecule has 3 N–H and O–H groups in total. The highest BCUT2D eigenvalue weighted by atomic mass is 35.5. The number of thiocarbonyl (C=S) groups is 1. The Labute approximate surface area is 157 Å². The number of ether oxygens (including phenoxy) is 1. The third-order valence-corrected chi connectivity index (χ3v) is 4.75. The smallest absolute Gasteiger partial charge is 0.276 e. The molecule has 0 saturated heterocycles. The van der Waals surface area contributed by atoms with E-state index in [9.17, 15) is 4.79 Å². The molecule has 1 saturated carbocycles. The maximum absolute atomic E-state index is 11.8. The first-order chi connectivity index (χ1) is 11.5. The SMILES string of the molecule is C[C@@H]1CCCC[C@@H]1NC(=S)NNC(=O)COc1ccc(Cl)cc1Cl. The number of hydrogen-bond donors (Lipinski definition) is 3. The molecule has 0 bridgehead atoms. The Kier molecular flexibility index (Phi) is 7.40. The second-order valence-electron chi connectivity index (χ2n) is 5.88. The van der Waals surface area contributed by atoms with Crippen LogP contribution in [0, 0.1) is 5.92 Å².